The molecule has 1 amide bonds. The highest BCUT2D eigenvalue weighted by atomic mass is 19.1. The number of halogens is 2. The van der Waals surface area contributed by atoms with Crippen LogP contribution in [0.2, 0.25) is 0 Å². The van der Waals surface area contributed by atoms with Crippen molar-refractivity contribution in [2.75, 3.05) is 11.9 Å². The molecule has 1 aromatic heterocycles. The number of hydrogen-bond donors (Lipinski definition) is 1. The number of anilines is 1. The second-order valence-corrected chi connectivity index (χ2v) is 5.81. The lowest BCUT2D eigenvalue weighted by atomic mass is 10.1. The Morgan fingerprint density at radius 3 is 2.46 bits per heavy atom. The SMILES string of the molecule is Cc1ccc(-c2nnn(CC(=O)OCC(=O)Nc3c(F)cccc3F)n2)cc1. The van der Waals surface area contributed by atoms with Gasteiger partial charge in [0.15, 0.2) is 13.2 Å². The van der Waals surface area contributed by atoms with Crippen LogP contribution in [0.4, 0.5) is 14.5 Å². The molecule has 0 fully saturated rings. The van der Waals surface area contributed by atoms with Crippen LogP contribution >= 0.6 is 0 Å². The molecular formula is C18H15F2N5O3. The van der Waals surface area contributed by atoms with Crippen LogP contribution in [0.3, 0.4) is 0 Å². The summed E-state index contributed by atoms with van der Waals surface area (Å²) in [5.41, 5.74) is 1.20. The lowest BCUT2D eigenvalue weighted by Crippen LogP contribution is -2.24. The number of ether oxygens (including phenoxy) is 1. The van der Waals surface area contributed by atoms with Crippen molar-refractivity contribution in [1.29, 1.82) is 0 Å². The molecular weight excluding hydrogens is 372 g/mol. The topological polar surface area (TPSA) is 99.0 Å². The maximum Gasteiger partial charge on any atom is 0.330 e. The lowest BCUT2D eigenvalue weighted by molar-refractivity contribution is -0.148. The van der Waals surface area contributed by atoms with Gasteiger partial charge in [0.1, 0.15) is 17.3 Å². The molecule has 0 bridgehead atoms. The average Bonchev–Trinajstić information content (AvgIpc) is 3.12. The van der Waals surface area contributed by atoms with E-state index in [0.717, 1.165) is 34.1 Å². The predicted octanol–water partition coefficient (Wildman–Crippen LogP) is 2.11. The Kier molecular flexibility index (Phi) is 5.68. The zero-order valence-corrected chi connectivity index (χ0v) is 14.7. The zero-order chi connectivity index (χ0) is 20.1. The zero-order valence-electron chi connectivity index (χ0n) is 14.7. The molecule has 8 nitrogen and oxygen atoms in total. The van der Waals surface area contributed by atoms with Gasteiger partial charge in [0.25, 0.3) is 5.91 Å². The van der Waals surface area contributed by atoms with Crippen molar-refractivity contribution >= 4 is 17.6 Å². The number of aromatic nitrogens is 4. The Hall–Kier alpha value is -3.69. The molecule has 0 aliphatic rings. The van der Waals surface area contributed by atoms with Gasteiger partial charge in [-0.3, -0.25) is 4.79 Å². The molecule has 1 N–H and O–H groups in total. The van der Waals surface area contributed by atoms with E-state index < -0.39 is 35.8 Å². The first-order chi connectivity index (χ1) is 13.4. The summed E-state index contributed by atoms with van der Waals surface area (Å²) in [6.45, 7) is 0.854. The fourth-order valence-electron chi connectivity index (χ4n) is 2.23. The first-order valence-corrected chi connectivity index (χ1v) is 8.16. The molecule has 0 saturated carbocycles. The molecule has 10 heteroatoms. The summed E-state index contributed by atoms with van der Waals surface area (Å²) in [7, 11) is 0. The van der Waals surface area contributed by atoms with Crippen LogP contribution in [0.5, 0.6) is 0 Å². The third-order valence-electron chi connectivity index (χ3n) is 3.62. The van der Waals surface area contributed by atoms with Gasteiger partial charge in [-0.15, -0.1) is 10.2 Å². The van der Waals surface area contributed by atoms with Crippen molar-refractivity contribution in [2.24, 2.45) is 0 Å². The van der Waals surface area contributed by atoms with Crippen molar-refractivity contribution in [3.63, 3.8) is 0 Å². The monoisotopic (exact) mass is 387 g/mol. The number of amides is 1. The molecule has 28 heavy (non-hydrogen) atoms. The summed E-state index contributed by atoms with van der Waals surface area (Å²) in [4.78, 5) is 24.6. The fourth-order valence-corrected chi connectivity index (χ4v) is 2.23. The summed E-state index contributed by atoms with van der Waals surface area (Å²) in [5, 5.41) is 13.7. The average molecular weight is 387 g/mol. The van der Waals surface area contributed by atoms with E-state index in [1.54, 1.807) is 0 Å². The summed E-state index contributed by atoms with van der Waals surface area (Å²) < 4.78 is 31.7. The first-order valence-electron chi connectivity index (χ1n) is 8.16. The van der Waals surface area contributed by atoms with Crippen molar-refractivity contribution in [3.05, 3.63) is 59.7 Å². The Balaban J connectivity index is 1.52. The Labute approximate surface area is 158 Å². The minimum absolute atomic E-state index is 0.334. The van der Waals surface area contributed by atoms with Crippen LogP contribution in [-0.4, -0.2) is 38.7 Å². The molecule has 0 spiro atoms. The number of nitrogens with zero attached hydrogens (tertiary/aromatic N) is 4. The molecule has 3 rings (SSSR count). The number of para-hydroxylation sites is 1. The molecule has 1 heterocycles. The van der Waals surface area contributed by atoms with E-state index in [4.69, 9.17) is 4.74 Å². The van der Waals surface area contributed by atoms with E-state index in [1.165, 1.54) is 0 Å². The second-order valence-electron chi connectivity index (χ2n) is 5.81. The first kappa shape index (κ1) is 19.1. The van der Waals surface area contributed by atoms with E-state index in [-0.39, 0.29) is 6.54 Å². The van der Waals surface area contributed by atoms with Crippen LogP contribution in [0.25, 0.3) is 11.4 Å². The Morgan fingerprint density at radius 1 is 1.11 bits per heavy atom. The smallest absolute Gasteiger partial charge is 0.330 e. The number of aryl methyl sites for hydroxylation is 1. The Bertz CT molecular complexity index is 984. The molecule has 0 aliphatic carbocycles. The summed E-state index contributed by atoms with van der Waals surface area (Å²) in [6, 6.07) is 10.6. The van der Waals surface area contributed by atoms with Crippen LogP contribution < -0.4 is 5.32 Å². The Morgan fingerprint density at radius 2 is 1.79 bits per heavy atom. The number of rotatable bonds is 6. The van der Waals surface area contributed by atoms with E-state index in [0.29, 0.717) is 5.82 Å². The van der Waals surface area contributed by atoms with Crippen LogP contribution in [0.1, 0.15) is 5.56 Å². The minimum Gasteiger partial charge on any atom is -0.454 e. The van der Waals surface area contributed by atoms with Crippen LogP contribution in [0, 0.1) is 18.6 Å². The lowest BCUT2D eigenvalue weighted by Gasteiger charge is -2.08. The van der Waals surface area contributed by atoms with E-state index >= 15 is 0 Å². The standard InChI is InChI=1S/C18H15F2N5O3/c1-11-5-7-12(8-6-11)18-22-24-25(23-18)9-16(27)28-10-15(26)21-17-13(19)3-2-4-14(17)20/h2-8H,9-10H2,1H3,(H,21,26). The van der Waals surface area contributed by atoms with Crippen molar-refractivity contribution in [2.45, 2.75) is 13.5 Å². The highest BCUT2D eigenvalue weighted by molar-refractivity contribution is 5.93. The summed E-state index contributed by atoms with van der Waals surface area (Å²) in [6.07, 6.45) is 0. The van der Waals surface area contributed by atoms with Gasteiger partial charge in [0.2, 0.25) is 5.82 Å². The number of carbonyl (C=O) groups excluding carboxylic acids is 2. The normalized spacial score (nSPS) is 10.5. The second kappa shape index (κ2) is 8.33. The van der Waals surface area contributed by atoms with E-state index in [2.05, 4.69) is 15.4 Å². The third kappa shape index (κ3) is 4.72. The van der Waals surface area contributed by atoms with Crippen LogP contribution in [0.15, 0.2) is 42.5 Å². The molecule has 0 aliphatic heterocycles. The number of tetrazole rings is 1. The highest BCUT2D eigenvalue weighted by Gasteiger charge is 2.15. The van der Waals surface area contributed by atoms with Gasteiger partial charge in [-0.05, 0) is 24.3 Å². The fraction of sp³-hybridized carbons (Fsp3) is 0.167. The summed E-state index contributed by atoms with van der Waals surface area (Å²) >= 11 is 0. The molecule has 0 atom stereocenters. The van der Waals surface area contributed by atoms with Crippen LogP contribution in [-0.2, 0) is 20.9 Å². The maximum atomic E-state index is 13.5. The minimum atomic E-state index is -0.935. The van der Waals surface area contributed by atoms with Gasteiger partial charge < -0.3 is 10.1 Å². The molecule has 3 aromatic rings. The van der Waals surface area contributed by atoms with Crippen molar-refractivity contribution in [3.8, 4) is 11.4 Å². The van der Waals surface area contributed by atoms with Gasteiger partial charge >= 0.3 is 5.97 Å². The predicted molar refractivity (Wildman–Crippen MR) is 93.9 cm³/mol. The van der Waals surface area contributed by atoms with Gasteiger partial charge in [0.05, 0.1) is 0 Å². The number of carbonyl (C=O) groups is 2. The number of nitrogens with one attached hydrogen (secondary N) is 1. The van der Waals surface area contributed by atoms with Gasteiger partial charge in [0, 0.05) is 5.56 Å². The van der Waals surface area contributed by atoms with Crippen molar-refractivity contribution in [1.82, 2.24) is 20.2 Å². The molecule has 2 aromatic carbocycles. The maximum absolute atomic E-state index is 13.5. The van der Waals surface area contributed by atoms with E-state index in [1.807, 2.05) is 36.5 Å². The molecule has 0 unspecified atom stereocenters. The van der Waals surface area contributed by atoms with Gasteiger partial charge in [-0.25, -0.2) is 13.6 Å². The highest BCUT2D eigenvalue weighted by Crippen LogP contribution is 2.17. The summed E-state index contributed by atoms with van der Waals surface area (Å²) in [5.74, 6) is -3.23. The van der Waals surface area contributed by atoms with E-state index in [9.17, 15) is 18.4 Å². The van der Waals surface area contributed by atoms with Gasteiger partial charge in [-0.1, -0.05) is 35.9 Å². The number of esters is 1. The van der Waals surface area contributed by atoms with Crippen molar-refractivity contribution < 1.29 is 23.1 Å². The quantitative estimate of drug-likeness (QED) is 0.651. The van der Waals surface area contributed by atoms with Gasteiger partial charge in [-0.2, -0.15) is 4.80 Å². The third-order valence-corrected chi connectivity index (χ3v) is 3.62. The molecule has 0 saturated heterocycles. The molecule has 0 radical (unpaired) electrons. The largest absolute Gasteiger partial charge is 0.454 e. The number of benzene rings is 2. The molecule has 144 valence electrons. The number of hydrogen-bond acceptors (Lipinski definition) is 6.